The predicted octanol–water partition coefficient (Wildman–Crippen LogP) is 3.86. The van der Waals surface area contributed by atoms with Crippen molar-refractivity contribution in [3.05, 3.63) is 72.0 Å². The van der Waals surface area contributed by atoms with Crippen molar-refractivity contribution in [2.75, 3.05) is 17.6 Å². The van der Waals surface area contributed by atoms with E-state index in [1.54, 1.807) is 12.1 Å². The van der Waals surface area contributed by atoms with Gasteiger partial charge in [0.05, 0.1) is 0 Å². The number of thioether (sulfide) groups is 1. The van der Waals surface area contributed by atoms with Gasteiger partial charge in [0.15, 0.2) is 0 Å². The standard InChI is InChI=1S/C23H18FN3O3S/c24-16-6-8-19-18(12-16)23(9-10-31-19)21(29)27(22(30)26-23)13-20(28)25-17-7-5-14-3-1-2-4-15(14)11-17/h1-8,11-12H,9-10,13H2,(H,25,28)(H,26,30). The van der Waals surface area contributed by atoms with Crippen LogP contribution in [0.25, 0.3) is 10.8 Å². The third kappa shape index (κ3) is 3.33. The summed E-state index contributed by atoms with van der Waals surface area (Å²) in [6, 6.07) is 16.8. The first-order chi connectivity index (χ1) is 15.0. The predicted molar refractivity (Wildman–Crippen MR) is 116 cm³/mol. The van der Waals surface area contributed by atoms with Crippen LogP contribution in [-0.2, 0) is 15.1 Å². The highest BCUT2D eigenvalue weighted by Gasteiger charge is 2.54. The third-order valence-electron chi connectivity index (χ3n) is 5.65. The summed E-state index contributed by atoms with van der Waals surface area (Å²) in [6.07, 6.45) is 0.335. The molecule has 2 aliphatic heterocycles. The number of nitrogens with zero attached hydrogens (tertiary/aromatic N) is 1. The molecule has 2 aliphatic rings. The fourth-order valence-corrected chi connectivity index (χ4v) is 5.32. The fraction of sp³-hybridized carbons (Fsp3) is 0.174. The van der Waals surface area contributed by atoms with Crippen molar-refractivity contribution in [2.24, 2.45) is 0 Å². The number of carbonyl (C=O) groups is 3. The van der Waals surface area contributed by atoms with Crippen LogP contribution in [0.5, 0.6) is 0 Å². The molecule has 3 aromatic carbocycles. The van der Waals surface area contributed by atoms with Crippen molar-refractivity contribution in [1.29, 1.82) is 0 Å². The Balaban J connectivity index is 1.37. The van der Waals surface area contributed by atoms with Crippen LogP contribution in [0.2, 0.25) is 0 Å². The Bertz CT molecular complexity index is 1250. The van der Waals surface area contributed by atoms with E-state index >= 15 is 0 Å². The maximum absolute atomic E-state index is 13.9. The summed E-state index contributed by atoms with van der Waals surface area (Å²) in [6.45, 7) is -0.420. The maximum atomic E-state index is 13.9. The average Bonchev–Trinajstić information content (AvgIpc) is 2.99. The molecule has 1 unspecified atom stereocenters. The minimum Gasteiger partial charge on any atom is -0.325 e. The summed E-state index contributed by atoms with van der Waals surface area (Å²) in [7, 11) is 0. The lowest BCUT2D eigenvalue weighted by Crippen LogP contribution is -2.47. The number of hydrogen-bond acceptors (Lipinski definition) is 4. The van der Waals surface area contributed by atoms with Crippen LogP contribution in [0.4, 0.5) is 14.9 Å². The van der Waals surface area contributed by atoms with Crippen LogP contribution in [0, 0.1) is 5.82 Å². The number of hydrogen-bond donors (Lipinski definition) is 2. The molecule has 1 atom stereocenters. The molecule has 6 nitrogen and oxygen atoms in total. The van der Waals surface area contributed by atoms with Crippen molar-refractivity contribution in [1.82, 2.24) is 10.2 Å². The van der Waals surface area contributed by atoms with E-state index in [2.05, 4.69) is 10.6 Å². The molecular weight excluding hydrogens is 417 g/mol. The van der Waals surface area contributed by atoms with Gasteiger partial charge in [-0.25, -0.2) is 9.18 Å². The Morgan fingerprint density at radius 2 is 1.90 bits per heavy atom. The number of halogens is 1. The Labute approximate surface area is 181 Å². The summed E-state index contributed by atoms with van der Waals surface area (Å²) in [5.74, 6) is -0.893. The summed E-state index contributed by atoms with van der Waals surface area (Å²) in [4.78, 5) is 40.2. The van der Waals surface area contributed by atoms with Gasteiger partial charge in [-0.15, -0.1) is 11.8 Å². The molecule has 4 amide bonds. The zero-order valence-corrected chi connectivity index (χ0v) is 17.2. The smallest absolute Gasteiger partial charge is 0.325 e. The molecule has 5 rings (SSSR count). The average molecular weight is 435 g/mol. The number of carbonyl (C=O) groups excluding carboxylic acids is 3. The number of anilines is 1. The minimum absolute atomic E-state index is 0.335. The van der Waals surface area contributed by atoms with Gasteiger partial charge in [0, 0.05) is 21.9 Å². The zero-order valence-electron chi connectivity index (χ0n) is 16.4. The van der Waals surface area contributed by atoms with Crippen molar-refractivity contribution < 1.29 is 18.8 Å². The van der Waals surface area contributed by atoms with Crippen molar-refractivity contribution in [3.63, 3.8) is 0 Å². The van der Waals surface area contributed by atoms with Gasteiger partial charge in [-0.05, 0) is 47.5 Å². The fourth-order valence-electron chi connectivity index (χ4n) is 4.14. The molecule has 31 heavy (non-hydrogen) atoms. The van der Waals surface area contributed by atoms with Gasteiger partial charge in [-0.1, -0.05) is 30.3 Å². The molecule has 3 aromatic rings. The molecule has 0 saturated carbocycles. The highest BCUT2D eigenvalue weighted by atomic mass is 32.2. The molecule has 1 spiro atoms. The van der Waals surface area contributed by atoms with Gasteiger partial charge in [0.1, 0.15) is 17.9 Å². The van der Waals surface area contributed by atoms with E-state index in [1.807, 2.05) is 36.4 Å². The number of benzene rings is 3. The monoisotopic (exact) mass is 435 g/mol. The topological polar surface area (TPSA) is 78.5 Å². The number of rotatable bonds is 3. The van der Waals surface area contributed by atoms with E-state index < -0.39 is 35.7 Å². The van der Waals surface area contributed by atoms with E-state index in [9.17, 15) is 18.8 Å². The van der Waals surface area contributed by atoms with Crippen LogP contribution in [0.1, 0.15) is 12.0 Å². The minimum atomic E-state index is -1.33. The van der Waals surface area contributed by atoms with Gasteiger partial charge >= 0.3 is 6.03 Å². The van der Waals surface area contributed by atoms with Crippen LogP contribution < -0.4 is 10.6 Å². The molecule has 8 heteroatoms. The second-order valence-corrected chi connectivity index (χ2v) is 8.71. The second-order valence-electron chi connectivity index (χ2n) is 7.58. The number of fused-ring (bicyclic) bond motifs is 3. The lowest BCUT2D eigenvalue weighted by molar-refractivity contribution is -0.134. The maximum Gasteiger partial charge on any atom is 0.325 e. The molecule has 1 fully saturated rings. The van der Waals surface area contributed by atoms with Crippen LogP contribution in [0.15, 0.2) is 65.6 Å². The highest BCUT2D eigenvalue weighted by Crippen LogP contribution is 2.43. The van der Waals surface area contributed by atoms with E-state index in [0.717, 1.165) is 20.6 Å². The molecule has 0 aliphatic carbocycles. The zero-order chi connectivity index (χ0) is 21.6. The molecule has 1 saturated heterocycles. The third-order valence-corrected chi connectivity index (χ3v) is 6.72. The number of imide groups is 1. The summed E-state index contributed by atoms with van der Waals surface area (Å²) >= 11 is 1.51. The van der Waals surface area contributed by atoms with Gasteiger partial charge in [0.2, 0.25) is 5.91 Å². The van der Waals surface area contributed by atoms with Crippen LogP contribution in [0.3, 0.4) is 0 Å². The van der Waals surface area contributed by atoms with Crippen molar-refractivity contribution >= 4 is 46.1 Å². The molecule has 0 bridgehead atoms. The van der Waals surface area contributed by atoms with Gasteiger partial charge in [-0.3, -0.25) is 14.5 Å². The Morgan fingerprint density at radius 3 is 2.74 bits per heavy atom. The Morgan fingerprint density at radius 1 is 1.10 bits per heavy atom. The lowest BCUT2D eigenvalue weighted by atomic mass is 9.86. The number of urea groups is 1. The number of amides is 4. The largest absolute Gasteiger partial charge is 0.325 e. The molecule has 156 valence electrons. The van der Waals surface area contributed by atoms with Crippen molar-refractivity contribution in [2.45, 2.75) is 16.9 Å². The first kappa shape index (κ1) is 19.6. The molecule has 0 radical (unpaired) electrons. The SMILES string of the molecule is O=C(CN1C(=O)NC2(CCSc3ccc(F)cc32)C1=O)Nc1ccc2ccccc2c1. The molecule has 0 aromatic heterocycles. The molecule has 2 N–H and O–H groups in total. The first-order valence-corrected chi connectivity index (χ1v) is 10.8. The van der Waals surface area contributed by atoms with Crippen molar-refractivity contribution in [3.8, 4) is 0 Å². The second kappa shape index (κ2) is 7.39. The van der Waals surface area contributed by atoms with Gasteiger partial charge in [0.25, 0.3) is 5.91 Å². The summed E-state index contributed by atoms with van der Waals surface area (Å²) < 4.78 is 13.9. The Kier molecular flexibility index (Phi) is 4.66. The van der Waals surface area contributed by atoms with Gasteiger partial charge in [-0.2, -0.15) is 0 Å². The van der Waals surface area contributed by atoms with E-state index in [-0.39, 0.29) is 0 Å². The Hall–Kier alpha value is -3.39. The summed E-state index contributed by atoms with van der Waals surface area (Å²) in [5, 5.41) is 7.47. The van der Waals surface area contributed by atoms with E-state index in [0.29, 0.717) is 23.4 Å². The normalized spacial score (nSPS) is 20.1. The van der Waals surface area contributed by atoms with Crippen LogP contribution >= 0.6 is 11.8 Å². The first-order valence-electron chi connectivity index (χ1n) is 9.82. The lowest BCUT2D eigenvalue weighted by Gasteiger charge is -2.32. The van der Waals surface area contributed by atoms with E-state index in [4.69, 9.17) is 0 Å². The molecule has 2 heterocycles. The van der Waals surface area contributed by atoms with Crippen LogP contribution in [-0.4, -0.2) is 35.0 Å². The quantitative estimate of drug-likeness (QED) is 0.613. The number of nitrogens with one attached hydrogen (secondary N) is 2. The van der Waals surface area contributed by atoms with E-state index in [1.165, 1.54) is 23.9 Å². The molecular formula is C23H18FN3O3S. The van der Waals surface area contributed by atoms with Gasteiger partial charge < -0.3 is 10.6 Å². The summed E-state index contributed by atoms with van der Waals surface area (Å²) in [5.41, 5.74) is -0.310. The highest BCUT2D eigenvalue weighted by molar-refractivity contribution is 7.99.